The highest BCUT2D eigenvalue weighted by Gasteiger charge is 2.46. The molecule has 3 aromatic rings. The number of para-hydroxylation sites is 1. The van der Waals surface area contributed by atoms with E-state index in [1.807, 2.05) is 54.6 Å². The molecule has 0 unspecified atom stereocenters. The molecule has 0 aromatic heterocycles. The molecule has 2 aliphatic heterocycles. The Hall–Kier alpha value is -3.60. The average Bonchev–Trinajstić information content (AvgIpc) is 3.25. The van der Waals surface area contributed by atoms with Crippen molar-refractivity contribution in [2.75, 3.05) is 17.6 Å². The van der Waals surface area contributed by atoms with Crippen molar-refractivity contribution in [1.82, 2.24) is 5.32 Å². The Bertz CT molecular complexity index is 1380. The second kappa shape index (κ2) is 11.0. The first-order valence-electron chi connectivity index (χ1n) is 12.4. The summed E-state index contributed by atoms with van der Waals surface area (Å²) in [6.07, 6.45) is 0.316. The molecule has 3 N–H and O–H groups in total. The molecule has 38 heavy (non-hydrogen) atoms. The van der Waals surface area contributed by atoms with Gasteiger partial charge >= 0.3 is 0 Å². The molecule has 1 fully saturated rings. The van der Waals surface area contributed by atoms with Crippen molar-refractivity contribution >= 4 is 21.6 Å². The number of fused-ring (bicyclic) bond motifs is 3. The fourth-order valence-electron chi connectivity index (χ4n) is 4.95. The maximum Gasteiger partial charge on any atom is 0.229 e. The first-order chi connectivity index (χ1) is 18.3. The topological polar surface area (TPSA) is 123 Å². The number of amides is 1. The summed E-state index contributed by atoms with van der Waals surface area (Å²) in [5.74, 6) is 1.79. The number of aliphatic hydroxyl groups excluding tert-OH is 1. The van der Waals surface area contributed by atoms with Crippen LogP contribution in [0, 0.1) is 0 Å². The Morgan fingerprint density at radius 1 is 1.05 bits per heavy atom. The highest BCUT2D eigenvalue weighted by molar-refractivity contribution is 7.92. The lowest BCUT2D eigenvalue weighted by Gasteiger charge is -2.37. The summed E-state index contributed by atoms with van der Waals surface area (Å²) in [5, 5.41) is 12.9. The van der Waals surface area contributed by atoms with Crippen LogP contribution in [0.3, 0.4) is 0 Å². The van der Waals surface area contributed by atoms with Crippen molar-refractivity contribution in [2.45, 2.75) is 43.6 Å². The quantitative estimate of drug-likeness (QED) is 0.381. The molecule has 3 aromatic carbocycles. The number of carbonyl (C=O) groups is 1. The molecule has 5 rings (SSSR count). The van der Waals surface area contributed by atoms with Crippen molar-refractivity contribution in [3.05, 3.63) is 83.9 Å². The highest BCUT2D eigenvalue weighted by Crippen LogP contribution is 2.47. The van der Waals surface area contributed by atoms with Crippen molar-refractivity contribution in [3.63, 3.8) is 0 Å². The van der Waals surface area contributed by atoms with Crippen LogP contribution in [0.25, 0.3) is 0 Å². The molecule has 0 bridgehead atoms. The van der Waals surface area contributed by atoms with Gasteiger partial charge in [-0.3, -0.25) is 9.52 Å². The molecule has 2 heterocycles. The van der Waals surface area contributed by atoms with Crippen LogP contribution >= 0.6 is 0 Å². The largest absolute Gasteiger partial charge is 0.487 e. The predicted octanol–water partition coefficient (Wildman–Crippen LogP) is 3.55. The summed E-state index contributed by atoms with van der Waals surface area (Å²) in [4.78, 5) is 12.7. The SMILES string of the molecule is CS(=O)(=O)Nc1ccc2c(c1)[C@H]1C[C@H](CC(=O)NCc3ccc(Oc4ccccc4)cc3)O[C@@H](CO)[C@H]1O2. The monoisotopic (exact) mass is 538 g/mol. The zero-order chi connectivity index (χ0) is 26.7. The van der Waals surface area contributed by atoms with Crippen LogP contribution in [-0.2, 0) is 26.1 Å². The first kappa shape index (κ1) is 26.0. The number of aliphatic hydroxyl groups is 1. The van der Waals surface area contributed by atoms with Crippen LogP contribution in [0.5, 0.6) is 17.2 Å². The zero-order valence-corrected chi connectivity index (χ0v) is 21.7. The molecule has 1 saturated heterocycles. The van der Waals surface area contributed by atoms with Crippen LogP contribution < -0.4 is 19.5 Å². The van der Waals surface area contributed by atoms with Gasteiger partial charge in [0.05, 0.1) is 25.4 Å². The fraction of sp³-hybridized carbons (Fsp3) is 0.321. The Balaban J connectivity index is 1.18. The van der Waals surface area contributed by atoms with Gasteiger partial charge in [0.2, 0.25) is 15.9 Å². The number of rotatable bonds is 9. The normalized spacial score (nSPS) is 22.1. The minimum atomic E-state index is -3.43. The third-order valence-corrected chi connectivity index (χ3v) is 7.21. The van der Waals surface area contributed by atoms with Gasteiger partial charge in [0.25, 0.3) is 0 Å². The van der Waals surface area contributed by atoms with Gasteiger partial charge in [-0.2, -0.15) is 0 Å². The summed E-state index contributed by atoms with van der Waals surface area (Å²) < 4.78 is 43.7. The number of benzene rings is 3. The zero-order valence-electron chi connectivity index (χ0n) is 20.9. The van der Waals surface area contributed by atoms with Crippen molar-refractivity contribution in [1.29, 1.82) is 0 Å². The smallest absolute Gasteiger partial charge is 0.229 e. The van der Waals surface area contributed by atoms with E-state index in [4.69, 9.17) is 14.2 Å². The van der Waals surface area contributed by atoms with Gasteiger partial charge in [0.1, 0.15) is 29.5 Å². The van der Waals surface area contributed by atoms with Gasteiger partial charge < -0.3 is 24.6 Å². The molecule has 200 valence electrons. The van der Waals surface area contributed by atoms with Gasteiger partial charge in [-0.15, -0.1) is 0 Å². The Morgan fingerprint density at radius 3 is 2.50 bits per heavy atom. The standard InChI is InChI=1S/C28H30N2O7S/c1-38(33,34)30-19-9-12-25-23(13-19)24-14-22(36-26(17-31)28(24)37-25)15-27(32)29-16-18-7-10-21(11-8-18)35-20-5-3-2-4-6-20/h2-13,22,24,26,28,30-31H,14-17H2,1H3,(H,29,32)/t22-,24-,26+,28+/m1/s1. The van der Waals surface area contributed by atoms with E-state index in [9.17, 15) is 18.3 Å². The van der Waals surface area contributed by atoms with Crippen LogP contribution in [0.15, 0.2) is 72.8 Å². The summed E-state index contributed by atoms with van der Waals surface area (Å²) in [6.45, 7) is 0.109. The first-order valence-corrected chi connectivity index (χ1v) is 14.3. The van der Waals surface area contributed by atoms with Crippen LogP contribution in [0.2, 0.25) is 0 Å². The van der Waals surface area contributed by atoms with E-state index in [0.29, 0.717) is 30.2 Å². The maximum absolute atomic E-state index is 12.7. The summed E-state index contributed by atoms with van der Waals surface area (Å²) in [6, 6.07) is 22.1. The number of ether oxygens (including phenoxy) is 3. The number of nitrogens with one attached hydrogen (secondary N) is 2. The molecule has 0 aliphatic carbocycles. The minimum absolute atomic E-state index is 0.130. The third-order valence-electron chi connectivity index (χ3n) is 6.61. The molecular formula is C28H30N2O7S. The van der Waals surface area contributed by atoms with E-state index in [1.54, 1.807) is 18.2 Å². The molecule has 0 spiro atoms. The van der Waals surface area contributed by atoms with E-state index in [-0.39, 0.29) is 24.9 Å². The molecule has 10 heteroatoms. The Morgan fingerprint density at radius 2 is 1.79 bits per heavy atom. The summed E-state index contributed by atoms with van der Waals surface area (Å²) in [7, 11) is -3.43. The van der Waals surface area contributed by atoms with E-state index in [1.165, 1.54) is 0 Å². The average molecular weight is 539 g/mol. The highest BCUT2D eigenvalue weighted by atomic mass is 32.2. The molecule has 2 aliphatic rings. The predicted molar refractivity (Wildman–Crippen MR) is 142 cm³/mol. The van der Waals surface area contributed by atoms with Gasteiger partial charge in [-0.1, -0.05) is 30.3 Å². The Kier molecular flexibility index (Phi) is 7.55. The number of sulfonamides is 1. The number of anilines is 1. The molecular weight excluding hydrogens is 508 g/mol. The second-order valence-electron chi connectivity index (χ2n) is 9.57. The van der Waals surface area contributed by atoms with Crippen LogP contribution in [-0.4, -0.2) is 50.6 Å². The fourth-order valence-corrected chi connectivity index (χ4v) is 5.50. The van der Waals surface area contributed by atoms with Gasteiger partial charge in [0, 0.05) is 23.7 Å². The Labute approximate surface area is 221 Å². The summed E-state index contributed by atoms with van der Waals surface area (Å²) >= 11 is 0. The van der Waals surface area contributed by atoms with Gasteiger partial charge in [0.15, 0.2) is 0 Å². The van der Waals surface area contributed by atoms with Crippen LogP contribution in [0.4, 0.5) is 5.69 Å². The molecule has 0 saturated carbocycles. The van der Waals surface area contributed by atoms with E-state index in [2.05, 4.69) is 10.0 Å². The van der Waals surface area contributed by atoms with Gasteiger partial charge in [-0.25, -0.2) is 8.42 Å². The molecule has 0 radical (unpaired) electrons. The summed E-state index contributed by atoms with van der Waals surface area (Å²) in [5.41, 5.74) is 2.21. The van der Waals surface area contributed by atoms with E-state index in [0.717, 1.165) is 23.1 Å². The molecule has 4 atom stereocenters. The lowest BCUT2D eigenvalue weighted by molar-refractivity contribution is -0.142. The number of carbonyl (C=O) groups excluding carboxylic acids is 1. The maximum atomic E-state index is 12.7. The molecule has 9 nitrogen and oxygen atoms in total. The lowest BCUT2D eigenvalue weighted by Crippen LogP contribution is -2.47. The van der Waals surface area contributed by atoms with E-state index < -0.39 is 28.3 Å². The number of hydrogen-bond donors (Lipinski definition) is 3. The third kappa shape index (κ3) is 6.27. The minimum Gasteiger partial charge on any atom is -0.487 e. The van der Waals surface area contributed by atoms with E-state index >= 15 is 0 Å². The number of hydrogen-bond acceptors (Lipinski definition) is 7. The lowest BCUT2D eigenvalue weighted by atomic mass is 9.84. The van der Waals surface area contributed by atoms with Crippen LogP contribution in [0.1, 0.15) is 29.9 Å². The van der Waals surface area contributed by atoms with Crippen molar-refractivity contribution < 1.29 is 32.5 Å². The van der Waals surface area contributed by atoms with Gasteiger partial charge in [-0.05, 0) is 54.4 Å². The van der Waals surface area contributed by atoms with Crippen molar-refractivity contribution in [2.24, 2.45) is 0 Å². The second-order valence-corrected chi connectivity index (χ2v) is 11.3. The van der Waals surface area contributed by atoms with Crippen molar-refractivity contribution in [3.8, 4) is 17.2 Å². The molecule has 1 amide bonds.